The molecule has 14 heteroatoms. The van der Waals surface area contributed by atoms with Crippen LogP contribution < -0.4 is 20.3 Å². The highest BCUT2D eigenvalue weighted by Crippen LogP contribution is 2.30. The summed E-state index contributed by atoms with van der Waals surface area (Å²) in [4.78, 5) is 36.2. The van der Waals surface area contributed by atoms with Crippen LogP contribution in [0.5, 0.6) is 5.75 Å². The second-order valence-corrected chi connectivity index (χ2v) is 10.1. The van der Waals surface area contributed by atoms with Crippen LogP contribution in [-0.2, 0) is 14.3 Å². The van der Waals surface area contributed by atoms with Crippen LogP contribution in [0.2, 0.25) is 0 Å². The number of carbonyl (C=O) groups is 2. The number of para-hydroxylation sites is 1. The molecule has 0 spiro atoms. The monoisotopic (exact) mass is 595 g/mol. The van der Waals surface area contributed by atoms with E-state index in [0.717, 1.165) is 22.8 Å². The molecule has 42 heavy (non-hydrogen) atoms. The van der Waals surface area contributed by atoms with Crippen LogP contribution in [0, 0.1) is 11.6 Å². The molecule has 1 aromatic heterocycles. The minimum absolute atomic E-state index is 0.0493. The smallest absolute Gasteiger partial charge is 0.444 e. The van der Waals surface area contributed by atoms with Gasteiger partial charge >= 0.3 is 23.8 Å². The van der Waals surface area contributed by atoms with E-state index in [1.54, 1.807) is 0 Å². The van der Waals surface area contributed by atoms with Crippen molar-refractivity contribution >= 4 is 34.5 Å². The topological polar surface area (TPSA) is 106 Å². The molecule has 2 N–H and O–H groups in total. The van der Waals surface area contributed by atoms with E-state index in [1.165, 1.54) is 6.92 Å². The number of esters is 1. The van der Waals surface area contributed by atoms with Gasteiger partial charge in [-0.1, -0.05) is 19.1 Å². The summed E-state index contributed by atoms with van der Waals surface area (Å²) in [5.74, 6) is -8.52. The summed E-state index contributed by atoms with van der Waals surface area (Å²) >= 11 is 0. The first-order chi connectivity index (χ1) is 19.8. The Kier molecular flexibility index (Phi) is 9.02. The number of halogens is 5. The van der Waals surface area contributed by atoms with Crippen molar-refractivity contribution in [2.45, 2.75) is 63.1 Å². The van der Waals surface area contributed by atoms with Crippen LogP contribution >= 0.6 is 0 Å². The van der Waals surface area contributed by atoms with Gasteiger partial charge in [0, 0.05) is 44.1 Å². The van der Waals surface area contributed by atoms with Gasteiger partial charge in [0.05, 0.1) is 5.52 Å². The van der Waals surface area contributed by atoms with Crippen molar-refractivity contribution < 1.29 is 41.0 Å². The lowest BCUT2D eigenvalue weighted by Gasteiger charge is -2.35. The zero-order valence-electron chi connectivity index (χ0n) is 23.1. The average Bonchev–Trinajstić information content (AvgIpc) is 2.94. The summed E-state index contributed by atoms with van der Waals surface area (Å²) in [5.41, 5.74) is 0.769. The Morgan fingerprint density at radius 2 is 1.64 bits per heavy atom. The van der Waals surface area contributed by atoms with Gasteiger partial charge in [0.15, 0.2) is 11.6 Å². The van der Waals surface area contributed by atoms with Gasteiger partial charge in [0.2, 0.25) is 5.95 Å². The number of ether oxygens (including phenoxy) is 2. The van der Waals surface area contributed by atoms with E-state index in [1.807, 2.05) is 43.3 Å². The molecular weight excluding hydrogens is 565 g/mol. The van der Waals surface area contributed by atoms with Gasteiger partial charge in [-0.15, -0.1) is 0 Å². The van der Waals surface area contributed by atoms with Gasteiger partial charge in [-0.2, -0.15) is 18.2 Å². The molecule has 1 unspecified atom stereocenters. The van der Waals surface area contributed by atoms with Crippen LogP contribution in [0.1, 0.15) is 39.0 Å². The van der Waals surface area contributed by atoms with Gasteiger partial charge in [-0.05, 0) is 49.9 Å². The highest BCUT2D eigenvalue weighted by atomic mass is 19.4. The number of carbonyl (C=O) groups excluding carboxylic acids is 2. The standard InChI is InChI=1S/C28H30F5N5O4/c1-4-27(42-25(40)28(31,32)33,41-18-13-14-20(29)21(30)15-18)24(39)34-16-9-11-17(12-10-16)35-26-36-22-8-6-5-7-19(22)23(37-26)38(2)3/h5-8,13-17H,4,9-12H2,1-3H3,(H,34,39)(H,35,36,37). The average molecular weight is 596 g/mol. The van der Waals surface area contributed by atoms with E-state index in [-0.39, 0.29) is 6.04 Å². The quantitative estimate of drug-likeness (QED) is 0.200. The summed E-state index contributed by atoms with van der Waals surface area (Å²) in [7, 11) is 3.76. The molecule has 0 bridgehead atoms. The Balaban J connectivity index is 1.45. The van der Waals surface area contributed by atoms with Gasteiger partial charge in [0.1, 0.15) is 11.6 Å². The first-order valence-corrected chi connectivity index (χ1v) is 13.3. The lowest BCUT2D eigenvalue weighted by atomic mass is 9.91. The van der Waals surface area contributed by atoms with E-state index in [0.29, 0.717) is 43.8 Å². The van der Waals surface area contributed by atoms with Crippen molar-refractivity contribution in [1.29, 1.82) is 0 Å². The van der Waals surface area contributed by atoms with Crippen molar-refractivity contribution in [3.05, 3.63) is 54.1 Å². The number of hydrogen-bond donors (Lipinski definition) is 2. The second kappa shape index (κ2) is 12.3. The number of rotatable bonds is 9. The zero-order chi connectivity index (χ0) is 30.7. The number of aromatic nitrogens is 2. The molecule has 0 aliphatic heterocycles. The largest absolute Gasteiger partial charge is 0.491 e. The van der Waals surface area contributed by atoms with E-state index in [4.69, 9.17) is 4.74 Å². The Morgan fingerprint density at radius 1 is 0.976 bits per heavy atom. The number of nitrogens with one attached hydrogen (secondary N) is 2. The Morgan fingerprint density at radius 3 is 2.26 bits per heavy atom. The fourth-order valence-electron chi connectivity index (χ4n) is 4.68. The number of anilines is 2. The third-order valence-corrected chi connectivity index (χ3v) is 6.88. The molecule has 3 aromatic rings. The molecule has 226 valence electrons. The summed E-state index contributed by atoms with van der Waals surface area (Å²) < 4.78 is 76.3. The number of amides is 1. The van der Waals surface area contributed by atoms with Crippen molar-refractivity contribution in [1.82, 2.24) is 15.3 Å². The Labute approximate surface area is 238 Å². The van der Waals surface area contributed by atoms with Crippen LogP contribution in [0.3, 0.4) is 0 Å². The maximum atomic E-state index is 13.8. The maximum absolute atomic E-state index is 13.8. The molecule has 1 aliphatic carbocycles. The van der Waals surface area contributed by atoms with E-state index < -0.39 is 53.7 Å². The van der Waals surface area contributed by atoms with Gasteiger partial charge < -0.3 is 25.0 Å². The summed E-state index contributed by atoms with van der Waals surface area (Å²) in [6, 6.07) is 9.18. The minimum Gasteiger partial charge on any atom is -0.444 e. The molecule has 1 aliphatic rings. The molecule has 0 radical (unpaired) electrons. The number of hydrogen-bond acceptors (Lipinski definition) is 8. The zero-order valence-corrected chi connectivity index (χ0v) is 23.1. The molecule has 2 aromatic carbocycles. The first kappa shape index (κ1) is 30.7. The predicted octanol–water partition coefficient (Wildman–Crippen LogP) is 5.10. The van der Waals surface area contributed by atoms with Crippen LogP contribution in [0.4, 0.5) is 33.7 Å². The number of fused-ring (bicyclic) bond motifs is 1. The molecule has 1 amide bonds. The van der Waals surface area contributed by atoms with Crippen molar-refractivity contribution in [2.75, 3.05) is 24.3 Å². The van der Waals surface area contributed by atoms with Gasteiger partial charge in [0.25, 0.3) is 0 Å². The number of nitrogens with zero attached hydrogens (tertiary/aromatic N) is 3. The van der Waals surface area contributed by atoms with Crippen molar-refractivity contribution in [2.24, 2.45) is 0 Å². The van der Waals surface area contributed by atoms with Crippen LogP contribution in [-0.4, -0.2) is 60.0 Å². The molecule has 1 saturated carbocycles. The molecule has 1 heterocycles. The Hall–Kier alpha value is -4.23. The molecule has 4 rings (SSSR count). The molecule has 1 fully saturated rings. The highest BCUT2D eigenvalue weighted by Gasteiger charge is 2.51. The molecular formula is C28H30F5N5O4. The van der Waals surface area contributed by atoms with Crippen molar-refractivity contribution in [3.8, 4) is 5.75 Å². The SMILES string of the molecule is CCC(OC(=O)C(F)(F)F)(Oc1ccc(F)c(F)c1)C(=O)NC1CCC(Nc2nc(N(C)C)c3ccccc3n2)CC1. The van der Waals surface area contributed by atoms with Gasteiger partial charge in [-0.3, -0.25) is 4.79 Å². The van der Waals surface area contributed by atoms with E-state index in [9.17, 15) is 31.5 Å². The molecule has 0 saturated heterocycles. The number of benzene rings is 2. The lowest BCUT2D eigenvalue weighted by Crippen LogP contribution is -2.57. The van der Waals surface area contributed by atoms with Crippen LogP contribution in [0.15, 0.2) is 42.5 Å². The second-order valence-electron chi connectivity index (χ2n) is 10.1. The first-order valence-electron chi connectivity index (χ1n) is 13.3. The molecule has 1 atom stereocenters. The molecule has 9 nitrogen and oxygen atoms in total. The fourth-order valence-corrected chi connectivity index (χ4v) is 4.68. The lowest BCUT2D eigenvalue weighted by molar-refractivity contribution is -0.238. The summed E-state index contributed by atoms with van der Waals surface area (Å²) in [5, 5.41) is 6.83. The summed E-state index contributed by atoms with van der Waals surface area (Å²) in [6.45, 7) is 1.26. The number of alkyl halides is 3. The minimum atomic E-state index is -5.43. The van der Waals surface area contributed by atoms with E-state index >= 15 is 0 Å². The third-order valence-electron chi connectivity index (χ3n) is 6.88. The van der Waals surface area contributed by atoms with E-state index in [2.05, 4.69) is 25.3 Å². The predicted molar refractivity (Wildman–Crippen MR) is 144 cm³/mol. The highest BCUT2D eigenvalue weighted by molar-refractivity contribution is 5.90. The van der Waals surface area contributed by atoms with Crippen molar-refractivity contribution in [3.63, 3.8) is 0 Å². The maximum Gasteiger partial charge on any atom is 0.491 e. The van der Waals surface area contributed by atoms with Crippen LogP contribution in [0.25, 0.3) is 10.9 Å². The van der Waals surface area contributed by atoms with Gasteiger partial charge in [-0.25, -0.2) is 18.6 Å². The Bertz CT molecular complexity index is 1450. The summed E-state index contributed by atoms with van der Waals surface area (Å²) in [6.07, 6.45) is -4.01. The third kappa shape index (κ3) is 6.97. The normalized spacial score (nSPS) is 18.6. The fraction of sp³-hybridized carbons (Fsp3) is 0.429.